The Morgan fingerprint density at radius 2 is 1.83 bits per heavy atom. The lowest BCUT2D eigenvalue weighted by Gasteiger charge is -2.29. The maximum atomic E-state index is 13.1. The molecule has 0 saturated carbocycles. The molecule has 0 bridgehead atoms. The van der Waals surface area contributed by atoms with Crippen molar-refractivity contribution in [3.8, 4) is 0 Å². The Morgan fingerprint density at radius 3 is 2.31 bits per heavy atom. The minimum absolute atomic E-state index is 0.0432. The molecule has 1 aliphatic heterocycles. The molecule has 160 valence electrons. The smallest absolute Gasteiger partial charge is 0.475 e. The van der Waals surface area contributed by atoms with Gasteiger partial charge in [-0.2, -0.15) is 18.3 Å². The van der Waals surface area contributed by atoms with Crippen molar-refractivity contribution in [2.24, 2.45) is 0 Å². The summed E-state index contributed by atoms with van der Waals surface area (Å²) >= 11 is 0. The molecule has 1 saturated heterocycles. The number of nitrogens with zero attached hydrogens (tertiary/aromatic N) is 3. The molecule has 1 fully saturated rings. The van der Waals surface area contributed by atoms with E-state index in [4.69, 9.17) is 9.90 Å². The lowest BCUT2D eigenvalue weighted by Crippen LogP contribution is -2.44. The van der Waals surface area contributed by atoms with Crippen molar-refractivity contribution in [3.63, 3.8) is 0 Å². The van der Waals surface area contributed by atoms with Crippen LogP contribution in [0.2, 0.25) is 0 Å². The van der Waals surface area contributed by atoms with Crippen molar-refractivity contribution in [3.05, 3.63) is 29.5 Å². The maximum absolute atomic E-state index is 13.1. The molecule has 0 atom stereocenters. The van der Waals surface area contributed by atoms with Gasteiger partial charge in [-0.3, -0.25) is 5.10 Å². The van der Waals surface area contributed by atoms with E-state index in [2.05, 4.69) is 25.8 Å². The van der Waals surface area contributed by atoms with Gasteiger partial charge >= 0.3 is 12.1 Å². The summed E-state index contributed by atoms with van der Waals surface area (Å²) in [7, 11) is 0. The number of rotatable bonds is 4. The van der Waals surface area contributed by atoms with Crippen molar-refractivity contribution in [2.45, 2.75) is 19.5 Å². The van der Waals surface area contributed by atoms with Gasteiger partial charge in [0.2, 0.25) is 0 Å². The van der Waals surface area contributed by atoms with Crippen LogP contribution in [0.1, 0.15) is 17.7 Å². The number of hydrogen-bond donors (Lipinski definition) is 4. The number of hydrogen-bond acceptors (Lipinski definition) is 6. The Kier molecular flexibility index (Phi) is 7.31. The number of pyridine rings is 1. The number of alkyl halides is 5. The molecule has 0 aromatic carbocycles. The predicted molar refractivity (Wildman–Crippen MR) is 94.6 cm³/mol. The van der Waals surface area contributed by atoms with E-state index in [9.17, 15) is 22.0 Å². The molecule has 0 amide bonds. The van der Waals surface area contributed by atoms with Crippen molar-refractivity contribution in [1.82, 2.24) is 20.5 Å². The highest BCUT2D eigenvalue weighted by molar-refractivity contribution is 5.73. The summed E-state index contributed by atoms with van der Waals surface area (Å²) < 4.78 is 58.0. The van der Waals surface area contributed by atoms with E-state index in [1.165, 1.54) is 12.1 Å². The lowest BCUT2D eigenvalue weighted by molar-refractivity contribution is -0.192. The van der Waals surface area contributed by atoms with Crippen LogP contribution in [-0.2, 0) is 4.79 Å². The number of anilines is 3. The Balaban J connectivity index is 0.000000370. The van der Waals surface area contributed by atoms with Crippen LogP contribution in [-0.4, -0.2) is 58.6 Å². The zero-order chi connectivity index (χ0) is 21.6. The first-order valence-corrected chi connectivity index (χ1v) is 8.41. The number of H-pyrrole nitrogens is 1. The summed E-state index contributed by atoms with van der Waals surface area (Å²) in [5.41, 5.74) is 0.841. The fraction of sp³-hybridized carbons (Fsp3) is 0.438. The van der Waals surface area contributed by atoms with E-state index in [0.29, 0.717) is 17.5 Å². The zero-order valence-corrected chi connectivity index (χ0v) is 15.2. The number of aromatic nitrogens is 3. The summed E-state index contributed by atoms with van der Waals surface area (Å²) in [4.78, 5) is 15.3. The number of piperazine rings is 1. The van der Waals surface area contributed by atoms with Gasteiger partial charge in [0.25, 0.3) is 6.43 Å². The third-order valence-corrected chi connectivity index (χ3v) is 3.73. The first kappa shape index (κ1) is 22.3. The van der Waals surface area contributed by atoms with E-state index in [-0.39, 0.29) is 5.56 Å². The summed E-state index contributed by atoms with van der Waals surface area (Å²) in [6.07, 6.45) is -7.62. The van der Waals surface area contributed by atoms with Gasteiger partial charge < -0.3 is 20.6 Å². The summed E-state index contributed by atoms with van der Waals surface area (Å²) in [6, 6.07) is 4.61. The van der Waals surface area contributed by atoms with Gasteiger partial charge in [0.05, 0.1) is 0 Å². The van der Waals surface area contributed by atoms with Gasteiger partial charge in [0.1, 0.15) is 11.6 Å². The Morgan fingerprint density at radius 1 is 1.21 bits per heavy atom. The summed E-state index contributed by atoms with van der Waals surface area (Å²) in [5, 5.41) is 20.2. The highest BCUT2D eigenvalue weighted by Crippen LogP contribution is 2.27. The largest absolute Gasteiger partial charge is 0.490 e. The van der Waals surface area contributed by atoms with E-state index >= 15 is 0 Å². The molecule has 3 rings (SSSR count). The standard InChI is InChI=1S/C14H18F2N6.C2HF3O2/c1-9-6-12(21-20-9)18-11-7-10(14(15)16)8-13(19-11)22-4-2-17-3-5-22;3-2(4,5)1(6)7/h6-8,14,17H,2-5H2,1H3,(H2,18,19,20,21);(H,6,7). The predicted octanol–water partition coefficient (Wildman–Crippen LogP) is 2.84. The minimum atomic E-state index is -5.08. The molecule has 1 aliphatic rings. The highest BCUT2D eigenvalue weighted by Gasteiger charge is 2.38. The zero-order valence-electron chi connectivity index (χ0n) is 15.2. The minimum Gasteiger partial charge on any atom is -0.475 e. The third kappa shape index (κ3) is 6.85. The molecule has 13 heteroatoms. The Bertz CT molecular complexity index is 820. The average molecular weight is 422 g/mol. The molecule has 3 heterocycles. The maximum Gasteiger partial charge on any atom is 0.490 e. The van der Waals surface area contributed by atoms with Crippen LogP contribution in [0.25, 0.3) is 0 Å². The molecule has 0 aliphatic carbocycles. The van der Waals surface area contributed by atoms with Crippen LogP contribution in [0.5, 0.6) is 0 Å². The van der Waals surface area contributed by atoms with Crippen LogP contribution in [0, 0.1) is 6.92 Å². The molecule has 2 aromatic rings. The van der Waals surface area contributed by atoms with Crippen LogP contribution in [0.4, 0.5) is 39.4 Å². The van der Waals surface area contributed by atoms with Crippen molar-refractivity contribution >= 4 is 23.4 Å². The van der Waals surface area contributed by atoms with Gasteiger partial charge in [0, 0.05) is 43.5 Å². The van der Waals surface area contributed by atoms with E-state index in [1.54, 1.807) is 6.07 Å². The highest BCUT2D eigenvalue weighted by atomic mass is 19.4. The lowest BCUT2D eigenvalue weighted by atomic mass is 10.2. The first-order chi connectivity index (χ1) is 13.6. The van der Waals surface area contributed by atoms with Gasteiger partial charge in [-0.05, 0) is 19.1 Å². The van der Waals surface area contributed by atoms with E-state index < -0.39 is 18.6 Å². The Labute approximate surface area is 162 Å². The number of nitrogens with one attached hydrogen (secondary N) is 3. The average Bonchev–Trinajstić information content (AvgIpc) is 3.06. The number of carboxylic acid groups (broad SMARTS) is 1. The second kappa shape index (κ2) is 9.49. The van der Waals surface area contributed by atoms with Crippen LogP contribution < -0.4 is 15.5 Å². The quantitative estimate of drug-likeness (QED) is 0.562. The number of aromatic amines is 1. The number of carboxylic acids is 1. The Hall–Kier alpha value is -2.96. The third-order valence-electron chi connectivity index (χ3n) is 3.73. The van der Waals surface area contributed by atoms with Crippen molar-refractivity contribution in [2.75, 3.05) is 36.4 Å². The topological polar surface area (TPSA) is 106 Å². The van der Waals surface area contributed by atoms with Gasteiger partial charge in [-0.25, -0.2) is 18.6 Å². The van der Waals surface area contributed by atoms with Crippen LogP contribution in [0.3, 0.4) is 0 Å². The van der Waals surface area contributed by atoms with Crippen LogP contribution in [0.15, 0.2) is 18.2 Å². The number of carbonyl (C=O) groups is 1. The van der Waals surface area contributed by atoms with Gasteiger partial charge in [0.15, 0.2) is 5.82 Å². The molecule has 0 spiro atoms. The number of aliphatic carboxylic acids is 1. The fourth-order valence-electron chi connectivity index (χ4n) is 2.40. The number of halogens is 5. The molecule has 29 heavy (non-hydrogen) atoms. The van der Waals surface area contributed by atoms with Crippen molar-refractivity contribution < 1.29 is 31.9 Å². The van der Waals surface area contributed by atoms with Gasteiger partial charge in [-0.1, -0.05) is 0 Å². The molecular formula is C16H19F5N6O2. The van der Waals surface area contributed by atoms with Crippen molar-refractivity contribution in [1.29, 1.82) is 0 Å². The first-order valence-electron chi connectivity index (χ1n) is 8.41. The van der Waals surface area contributed by atoms with Crippen LogP contribution >= 0.6 is 0 Å². The van der Waals surface area contributed by atoms with E-state index in [0.717, 1.165) is 31.9 Å². The second-order valence-corrected chi connectivity index (χ2v) is 6.05. The molecule has 2 aromatic heterocycles. The monoisotopic (exact) mass is 422 g/mol. The van der Waals surface area contributed by atoms with Gasteiger partial charge in [-0.15, -0.1) is 0 Å². The van der Waals surface area contributed by atoms with E-state index in [1.807, 2.05) is 11.8 Å². The molecule has 4 N–H and O–H groups in total. The molecule has 0 radical (unpaired) electrons. The molecular weight excluding hydrogens is 403 g/mol. The molecule has 0 unspecified atom stereocenters. The SMILES string of the molecule is Cc1cc(Nc2cc(C(F)F)cc(N3CCNCC3)n2)n[nH]1.O=C(O)C(F)(F)F. The summed E-state index contributed by atoms with van der Waals surface area (Å²) in [5.74, 6) is -1.26. The normalized spacial score (nSPS) is 14.4. The number of aryl methyl sites for hydroxylation is 1. The fourth-order valence-corrected chi connectivity index (χ4v) is 2.40. The molecule has 8 nitrogen and oxygen atoms in total. The second-order valence-electron chi connectivity index (χ2n) is 6.05. The summed E-state index contributed by atoms with van der Waals surface area (Å²) in [6.45, 7) is 5.01.